The molecule has 0 radical (unpaired) electrons. The van der Waals surface area contributed by atoms with Gasteiger partial charge in [0.05, 0.1) is 10.0 Å². The summed E-state index contributed by atoms with van der Waals surface area (Å²) in [7, 11) is 0. The first-order valence-electron chi connectivity index (χ1n) is 11.4. The van der Waals surface area contributed by atoms with Crippen LogP contribution < -0.4 is 18.9 Å². The van der Waals surface area contributed by atoms with E-state index in [2.05, 4.69) is 0 Å². The van der Waals surface area contributed by atoms with Crippen molar-refractivity contribution in [1.82, 2.24) is 0 Å². The maximum absolute atomic E-state index is 12.4. The molecule has 4 aromatic rings. The van der Waals surface area contributed by atoms with Gasteiger partial charge in [-0.2, -0.15) is 0 Å². The second-order valence-corrected chi connectivity index (χ2v) is 10.5. The zero-order valence-electron chi connectivity index (χ0n) is 20.5. The van der Waals surface area contributed by atoms with E-state index in [-0.39, 0.29) is 54.6 Å². The molecule has 0 heterocycles. The molecule has 0 aliphatic carbocycles. The van der Waals surface area contributed by atoms with Gasteiger partial charge in [0.25, 0.3) is 0 Å². The predicted molar refractivity (Wildman–Crippen MR) is 158 cm³/mol. The highest BCUT2D eigenvalue weighted by molar-refractivity contribution is 6.36. The van der Waals surface area contributed by atoms with Crippen LogP contribution in [-0.4, -0.2) is 25.2 Å². The molecule has 0 aromatic heterocycles. The number of carbonyl (C=O) groups is 2. The van der Waals surface area contributed by atoms with Crippen molar-refractivity contribution in [3.63, 3.8) is 0 Å². The second-order valence-electron chi connectivity index (χ2n) is 7.98. The van der Waals surface area contributed by atoms with E-state index in [1.807, 2.05) is 0 Å². The quantitative estimate of drug-likeness (QED) is 0.122. The van der Waals surface area contributed by atoms with Crippen molar-refractivity contribution in [2.45, 2.75) is 0 Å². The molecule has 0 unspecified atom stereocenters. The predicted octanol–water partition coefficient (Wildman–Crippen LogP) is 9.72. The van der Waals surface area contributed by atoms with E-state index in [1.54, 1.807) is 36.4 Å². The third kappa shape index (κ3) is 9.05. The minimum absolute atomic E-state index is 0.00118. The second kappa shape index (κ2) is 14.3. The molecular weight excluding hydrogens is 661 g/mol. The van der Waals surface area contributed by atoms with E-state index in [0.29, 0.717) is 10.0 Å². The van der Waals surface area contributed by atoms with Crippen molar-refractivity contribution in [3.8, 4) is 34.5 Å². The normalized spacial score (nSPS) is 10.7. The van der Waals surface area contributed by atoms with E-state index in [1.165, 1.54) is 36.4 Å². The van der Waals surface area contributed by atoms with Crippen LogP contribution in [0.5, 0.6) is 34.5 Å². The number of esters is 2. The lowest BCUT2D eigenvalue weighted by molar-refractivity contribution is -0.145. The molecule has 0 N–H and O–H groups in total. The molecule has 4 rings (SSSR count). The summed E-state index contributed by atoms with van der Waals surface area (Å²) < 4.78 is 27.3. The van der Waals surface area contributed by atoms with E-state index >= 15 is 0 Å². The zero-order valence-corrected chi connectivity index (χ0v) is 25.0. The molecular formula is C28H16Cl6O7. The van der Waals surface area contributed by atoms with Crippen LogP contribution in [0.2, 0.25) is 30.1 Å². The van der Waals surface area contributed by atoms with Crippen molar-refractivity contribution in [3.05, 3.63) is 103 Å². The summed E-state index contributed by atoms with van der Waals surface area (Å²) in [6.45, 7) is -1.19. The Balaban J connectivity index is 1.34. The van der Waals surface area contributed by atoms with Gasteiger partial charge < -0.3 is 23.7 Å². The average molecular weight is 677 g/mol. The minimum Gasteiger partial charge on any atom is -0.452 e. The van der Waals surface area contributed by atoms with Crippen LogP contribution in [0.25, 0.3) is 0 Å². The molecule has 0 atom stereocenters. The van der Waals surface area contributed by atoms with Crippen molar-refractivity contribution >= 4 is 81.5 Å². The molecule has 7 nitrogen and oxygen atoms in total. The van der Waals surface area contributed by atoms with Crippen LogP contribution >= 0.6 is 69.6 Å². The standard InChI is InChI=1S/C28H16Cl6O7/c29-15-1-5-21(19(33)9-15)38-23-7-3-17(31)11-25(23)40-27(35)13-37-14-28(36)41-26-12-18(32)4-8-24(26)39-22-6-2-16(30)10-20(22)34/h1-12H,13-14H2. The SMILES string of the molecule is O=C(COCC(=O)Oc1cc(Cl)ccc1Oc1ccc(Cl)cc1Cl)Oc1cc(Cl)ccc1Oc1ccc(Cl)cc1Cl. The van der Waals surface area contributed by atoms with Gasteiger partial charge >= 0.3 is 11.9 Å². The third-order valence-corrected chi connectivity index (χ3v) is 6.46. The number of ether oxygens (including phenoxy) is 5. The number of halogens is 6. The third-order valence-electron chi connectivity index (χ3n) is 4.93. The number of hydrogen-bond acceptors (Lipinski definition) is 7. The highest BCUT2D eigenvalue weighted by Gasteiger charge is 2.17. The number of carbonyl (C=O) groups excluding carboxylic acids is 2. The van der Waals surface area contributed by atoms with Gasteiger partial charge in [0.15, 0.2) is 23.0 Å². The first-order chi connectivity index (χ1) is 19.6. The molecule has 0 saturated carbocycles. The Morgan fingerprint density at radius 2 is 0.805 bits per heavy atom. The lowest BCUT2D eigenvalue weighted by Gasteiger charge is -2.14. The van der Waals surface area contributed by atoms with Crippen LogP contribution in [0.4, 0.5) is 0 Å². The first-order valence-corrected chi connectivity index (χ1v) is 13.7. The van der Waals surface area contributed by atoms with E-state index in [9.17, 15) is 9.59 Å². The number of benzene rings is 4. The van der Waals surface area contributed by atoms with Gasteiger partial charge in [-0.25, -0.2) is 9.59 Å². The molecule has 13 heteroatoms. The van der Waals surface area contributed by atoms with Crippen LogP contribution in [0.3, 0.4) is 0 Å². The van der Waals surface area contributed by atoms with Crippen LogP contribution in [0.15, 0.2) is 72.8 Å². The maximum atomic E-state index is 12.4. The average Bonchev–Trinajstić information content (AvgIpc) is 2.90. The fourth-order valence-corrected chi connectivity index (χ4v) is 4.39. The van der Waals surface area contributed by atoms with Crippen molar-refractivity contribution in [1.29, 1.82) is 0 Å². The van der Waals surface area contributed by atoms with Crippen LogP contribution in [0.1, 0.15) is 0 Å². The highest BCUT2D eigenvalue weighted by atomic mass is 35.5. The summed E-state index contributed by atoms with van der Waals surface area (Å²) >= 11 is 36.3. The number of hydrogen-bond donors (Lipinski definition) is 0. The summed E-state index contributed by atoms with van der Waals surface area (Å²) in [5.74, 6) is -0.814. The molecule has 0 aliphatic heterocycles. The fraction of sp³-hybridized carbons (Fsp3) is 0.0714. The summed E-state index contributed by atoms with van der Waals surface area (Å²) in [5.41, 5.74) is 0. The Morgan fingerprint density at radius 3 is 1.17 bits per heavy atom. The minimum atomic E-state index is -0.837. The maximum Gasteiger partial charge on any atom is 0.337 e. The Labute approximate surface area is 264 Å². The molecule has 0 aliphatic rings. The van der Waals surface area contributed by atoms with Gasteiger partial charge in [-0.3, -0.25) is 0 Å². The summed E-state index contributed by atoms with van der Waals surface area (Å²) in [6.07, 6.45) is 0. The Morgan fingerprint density at radius 1 is 0.463 bits per heavy atom. The molecule has 41 heavy (non-hydrogen) atoms. The summed E-state index contributed by atoms with van der Waals surface area (Å²) in [6, 6.07) is 18.1. The molecule has 0 amide bonds. The van der Waals surface area contributed by atoms with Crippen LogP contribution in [0, 0.1) is 0 Å². The van der Waals surface area contributed by atoms with E-state index in [0.717, 1.165) is 0 Å². The van der Waals surface area contributed by atoms with Gasteiger partial charge in [-0.05, 0) is 60.7 Å². The van der Waals surface area contributed by atoms with Crippen molar-refractivity contribution in [2.75, 3.05) is 13.2 Å². The van der Waals surface area contributed by atoms with E-state index in [4.69, 9.17) is 93.3 Å². The Bertz CT molecular complexity index is 1480. The monoisotopic (exact) mass is 674 g/mol. The van der Waals surface area contributed by atoms with Gasteiger partial charge in [0.1, 0.15) is 24.7 Å². The topological polar surface area (TPSA) is 80.3 Å². The smallest absolute Gasteiger partial charge is 0.337 e. The first kappa shape index (κ1) is 31.1. The molecule has 0 bridgehead atoms. The molecule has 212 valence electrons. The Hall–Kier alpha value is -2.88. The number of rotatable bonds is 10. The largest absolute Gasteiger partial charge is 0.452 e. The Kier molecular flexibility index (Phi) is 10.9. The lowest BCUT2D eigenvalue weighted by atomic mass is 10.3. The molecule has 0 spiro atoms. The zero-order chi connectivity index (χ0) is 29.5. The molecule has 0 saturated heterocycles. The lowest BCUT2D eigenvalue weighted by Crippen LogP contribution is -2.21. The van der Waals surface area contributed by atoms with Crippen molar-refractivity contribution in [2.24, 2.45) is 0 Å². The van der Waals surface area contributed by atoms with E-state index < -0.39 is 25.2 Å². The van der Waals surface area contributed by atoms with Gasteiger partial charge in [0.2, 0.25) is 0 Å². The molecule has 0 fully saturated rings. The molecule has 4 aromatic carbocycles. The van der Waals surface area contributed by atoms with Gasteiger partial charge in [0, 0.05) is 32.2 Å². The summed E-state index contributed by atoms with van der Waals surface area (Å²) in [5, 5.41) is 1.90. The van der Waals surface area contributed by atoms with Gasteiger partial charge in [-0.1, -0.05) is 69.6 Å². The van der Waals surface area contributed by atoms with Gasteiger partial charge in [-0.15, -0.1) is 0 Å². The summed E-state index contributed by atoms with van der Waals surface area (Å²) in [4.78, 5) is 24.9. The highest BCUT2D eigenvalue weighted by Crippen LogP contribution is 2.39. The van der Waals surface area contributed by atoms with Crippen molar-refractivity contribution < 1.29 is 33.3 Å². The fourth-order valence-electron chi connectivity index (χ4n) is 3.17. The van der Waals surface area contributed by atoms with Crippen LogP contribution in [-0.2, 0) is 14.3 Å².